The summed E-state index contributed by atoms with van der Waals surface area (Å²) in [6, 6.07) is 2.89. The van der Waals surface area contributed by atoms with Gasteiger partial charge in [0, 0.05) is 18.0 Å². The molecule has 0 radical (unpaired) electrons. The predicted molar refractivity (Wildman–Crippen MR) is 114 cm³/mol. The topological polar surface area (TPSA) is 106 Å². The van der Waals surface area contributed by atoms with Crippen molar-refractivity contribution in [1.82, 2.24) is 14.5 Å². The van der Waals surface area contributed by atoms with Gasteiger partial charge in [0.15, 0.2) is 16.7 Å². The number of nitrogens with zero attached hydrogens (tertiary/aromatic N) is 2. The molecule has 0 aliphatic heterocycles. The first kappa shape index (κ1) is 22.7. The van der Waals surface area contributed by atoms with Crippen LogP contribution in [0.4, 0.5) is 22.7 Å². The van der Waals surface area contributed by atoms with Crippen molar-refractivity contribution in [2.45, 2.75) is 12.8 Å². The fourth-order valence-corrected chi connectivity index (χ4v) is 4.64. The van der Waals surface area contributed by atoms with Crippen molar-refractivity contribution in [1.29, 1.82) is 0 Å². The van der Waals surface area contributed by atoms with Crippen molar-refractivity contribution >= 4 is 43.9 Å². The number of thiophene rings is 1. The van der Waals surface area contributed by atoms with Gasteiger partial charge in [-0.25, -0.2) is 14.2 Å². The van der Waals surface area contributed by atoms with Crippen molar-refractivity contribution in [3.8, 4) is 17.0 Å². The zero-order valence-corrected chi connectivity index (χ0v) is 18.1. The number of ether oxygens (including phenoxy) is 1. The summed E-state index contributed by atoms with van der Waals surface area (Å²) < 4.78 is 55.3. The minimum absolute atomic E-state index is 0.158. The number of alkyl halides is 3. The number of fused-ring (bicyclic) bond motifs is 1. The van der Waals surface area contributed by atoms with Crippen molar-refractivity contribution in [2.24, 2.45) is 7.05 Å². The highest BCUT2D eigenvalue weighted by Crippen LogP contribution is 2.31. The normalized spacial score (nSPS) is 11.7. The van der Waals surface area contributed by atoms with Crippen LogP contribution in [0.2, 0.25) is 0 Å². The van der Waals surface area contributed by atoms with Crippen LogP contribution in [0.5, 0.6) is 5.75 Å². The number of nitrogens with one attached hydrogen (secondary N) is 2. The molecule has 4 aromatic rings. The molecule has 14 heteroatoms. The summed E-state index contributed by atoms with van der Waals surface area (Å²) in [6.45, 7) is 0. The molecule has 0 bridgehead atoms. The number of H-pyrrole nitrogens is 1. The van der Waals surface area contributed by atoms with E-state index in [9.17, 15) is 31.9 Å². The number of hydrogen-bond acceptors (Lipinski definition) is 7. The van der Waals surface area contributed by atoms with Crippen LogP contribution in [0.15, 0.2) is 38.5 Å². The van der Waals surface area contributed by atoms with Gasteiger partial charge in [-0.3, -0.25) is 19.1 Å². The molecule has 0 atom stereocenters. The molecule has 0 fully saturated rings. The summed E-state index contributed by atoms with van der Waals surface area (Å²) >= 11 is 2.16. The molecule has 33 heavy (non-hydrogen) atoms. The number of aromatic amines is 1. The van der Waals surface area contributed by atoms with E-state index in [0.29, 0.717) is 10.4 Å². The minimum atomic E-state index is -5.02. The van der Waals surface area contributed by atoms with Crippen LogP contribution in [0.25, 0.3) is 21.5 Å². The maximum absolute atomic E-state index is 13.9. The fraction of sp³-hybridized carbons (Fsp3) is 0.158. The van der Waals surface area contributed by atoms with E-state index in [1.54, 1.807) is 5.38 Å². The average molecular weight is 500 g/mol. The van der Waals surface area contributed by atoms with Crippen LogP contribution < -0.4 is 21.3 Å². The van der Waals surface area contributed by atoms with Crippen LogP contribution in [0.1, 0.15) is 5.56 Å². The van der Waals surface area contributed by atoms with Gasteiger partial charge in [-0.1, -0.05) is 0 Å². The van der Waals surface area contributed by atoms with Crippen molar-refractivity contribution in [2.75, 3.05) is 5.32 Å². The number of carbonyl (C=O) groups excluding carboxylic acids is 1. The Morgan fingerprint density at radius 1 is 1.24 bits per heavy atom. The van der Waals surface area contributed by atoms with Crippen LogP contribution in [-0.4, -0.2) is 26.8 Å². The van der Waals surface area contributed by atoms with Gasteiger partial charge in [-0.05, 0) is 29.1 Å². The van der Waals surface area contributed by atoms with Crippen molar-refractivity contribution in [3.63, 3.8) is 0 Å². The van der Waals surface area contributed by atoms with Gasteiger partial charge in [0.05, 0.1) is 17.5 Å². The number of hydrogen-bond donors (Lipinski definition) is 2. The second kappa shape index (κ2) is 8.44. The number of carbonyl (C=O) groups is 1. The summed E-state index contributed by atoms with van der Waals surface area (Å²) in [5.74, 6) is -2.66. The lowest BCUT2D eigenvalue weighted by atomic mass is 10.1. The molecule has 1 aromatic carbocycles. The number of anilines is 1. The van der Waals surface area contributed by atoms with Gasteiger partial charge in [-0.2, -0.15) is 0 Å². The van der Waals surface area contributed by atoms with Gasteiger partial charge in [0.2, 0.25) is 5.91 Å². The van der Waals surface area contributed by atoms with Gasteiger partial charge >= 0.3 is 12.1 Å². The number of rotatable bonds is 5. The molecule has 0 saturated carbocycles. The highest BCUT2D eigenvalue weighted by molar-refractivity contribution is 7.17. The second-order valence-corrected chi connectivity index (χ2v) is 8.45. The van der Waals surface area contributed by atoms with Gasteiger partial charge < -0.3 is 10.1 Å². The number of halogens is 4. The van der Waals surface area contributed by atoms with Gasteiger partial charge in [0.25, 0.3) is 5.56 Å². The van der Waals surface area contributed by atoms with E-state index in [1.165, 1.54) is 18.5 Å². The Labute approximate surface area is 189 Å². The Hall–Kier alpha value is -3.52. The summed E-state index contributed by atoms with van der Waals surface area (Å²) in [5.41, 5.74) is -0.219. The molecule has 172 valence electrons. The molecule has 0 spiro atoms. The van der Waals surface area contributed by atoms with Crippen LogP contribution in [0, 0.1) is 5.82 Å². The number of benzene rings is 1. The number of amides is 1. The van der Waals surface area contributed by atoms with E-state index in [0.717, 1.165) is 39.4 Å². The molecule has 4 rings (SSSR count). The number of aromatic nitrogens is 3. The van der Waals surface area contributed by atoms with Gasteiger partial charge in [0.1, 0.15) is 4.83 Å². The molecule has 0 saturated heterocycles. The Morgan fingerprint density at radius 3 is 2.70 bits per heavy atom. The maximum atomic E-state index is 13.9. The van der Waals surface area contributed by atoms with E-state index in [2.05, 4.69) is 20.0 Å². The van der Waals surface area contributed by atoms with E-state index in [4.69, 9.17) is 0 Å². The smallest absolute Gasteiger partial charge is 0.403 e. The highest BCUT2D eigenvalue weighted by atomic mass is 32.1. The summed E-state index contributed by atoms with van der Waals surface area (Å²) in [4.78, 5) is 43.6. The Balaban J connectivity index is 1.49. The molecule has 3 aromatic heterocycles. The zero-order chi connectivity index (χ0) is 23.9. The lowest BCUT2D eigenvalue weighted by molar-refractivity contribution is -0.275. The summed E-state index contributed by atoms with van der Waals surface area (Å²) in [5, 5.41) is 6.07. The molecule has 0 aliphatic carbocycles. The monoisotopic (exact) mass is 500 g/mol. The third-order valence-electron chi connectivity index (χ3n) is 4.47. The van der Waals surface area contributed by atoms with Crippen molar-refractivity contribution < 1.29 is 27.1 Å². The maximum Gasteiger partial charge on any atom is 0.573 e. The molecular weight excluding hydrogens is 488 g/mol. The zero-order valence-electron chi connectivity index (χ0n) is 16.4. The van der Waals surface area contributed by atoms with E-state index in [1.807, 2.05) is 0 Å². The summed E-state index contributed by atoms with van der Waals surface area (Å²) in [6.07, 6.45) is -5.18. The molecule has 1 amide bonds. The van der Waals surface area contributed by atoms with Crippen molar-refractivity contribution in [3.05, 3.63) is 61.2 Å². The largest absolute Gasteiger partial charge is 0.573 e. The lowest BCUT2D eigenvalue weighted by Crippen LogP contribution is -2.32. The third kappa shape index (κ3) is 4.80. The molecule has 0 unspecified atom stereocenters. The first-order valence-corrected chi connectivity index (χ1v) is 10.8. The average Bonchev–Trinajstić information content (AvgIpc) is 3.34. The first-order valence-electron chi connectivity index (χ1n) is 9.02. The highest BCUT2D eigenvalue weighted by Gasteiger charge is 2.32. The molecule has 0 aliphatic rings. The Kier molecular flexibility index (Phi) is 5.80. The minimum Gasteiger partial charge on any atom is -0.403 e. The van der Waals surface area contributed by atoms with E-state index >= 15 is 0 Å². The van der Waals surface area contributed by atoms with Crippen LogP contribution >= 0.6 is 22.7 Å². The van der Waals surface area contributed by atoms with Crippen LogP contribution in [0.3, 0.4) is 0 Å². The van der Waals surface area contributed by atoms with Gasteiger partial charge in [-0.15, -0.1) is 35.8 Å². The lowest BCUT2D eigenvalue weighted by Gasteiger charge is -2.10. The molecule has 3 heterocycles. The SMILES string of the molecule is Cn1c(=O)[nH]c2scc(CC(=O)Nc3nc(-c4ccc(OC(F)(F)F)c(F)c4)cs3)c2c1=O. The van der Waals surface area contributed by atoms with E-state index in [-0.39, 0.29) is 28.2 Å². The summed E-state index contributed by atoms with van der Waals surface area (Å²) in [7, 11) is 1.32. The molecule has 8 nitrogen and oxygen atoms in total. The Bertz CT molecular complexity index is 1490. The standard InChI is InChI=1S/C19H12F4N4O4S2/c1-27-16(29)14-9(6-32-15(14)26-18(27)30)5-13(28)25-17-24-11(7-33-17)8-2-3-12(10(20)4-8)31-19(21,22)23/h2-4,6-7H,5H2,1H3,(H,26,30)(H,24,25,28). The molecular formula is C19H12F4N4O4S2. The molecule has 2 N–H and O–H groups in total. The predicted octanol–water partition coefficient (Wildman–Crippen LogP) is 3.63. The fourth-order valence-electron chi connectivity index (χ4n) is 2.96. The third-order valence-corrected chi connectivity index (χ3v) is 6.17. The Morgan fingerprint density at radius 2 is 2.00 bits per heavy atom. The quantitative estimate of drug-likeness (QED) is 0.407. The number of thiazole rings is 1. The second-order valence-electron chi connectivity index (χ2n) is 6.72. The van der Waals surface area contributed by atoms with Crippen LogP contribution in [-0.2, 0) is 18.3 Å². The first-order chi connectivity index (χ1) is 15.5. The van der Waals surface area contributed by atoms with E-state index < -0.39 is 35.1 Å².